The van der Waals surface area contributed by atoms with E-state index >= 15 is 0 Å². The SMILES string of the molecule is Nc1cnc2c(c1)N(CCNCCCN1CCCCC1)CCN2CCNCCCN1CCCCC1. The molecule has 35 heavy (non-hydrogen) atoms. The van der Waals surface area contributed by atoms with Crippen molar-refractivity contribution >= 4 is 17.2 Å². The van der Waals surface area contributed by atoms with Gasteiger partial charge in [-0.25, -0.2) is 4.98 Å². The second kappa shape index (κ2) is 14.8. The average Bonchev–Trinajstić information content (AvgIpc) is 2.90. The van der Waals surface area contributed by atoms with E-state index in [9.17, 15) is 0 Å². The summed E-state index contributed by atoms with van der Waals surface area (Å²) in [4.78, 5) is 14.9. The summed E-state index contributed by atoms with van der Waals surface area (Å²) in [6.45, 7) is 15.9. The number of hydrogen-bond acceptors (Lipinski definition) is 8. The highest BCUT2D eigenvalue weighted by molar-refractivity contribution is 5.72. The molecule has 0 aliphatic carbocycles. The van der Waals surface area contributed by atoms with Crippen molar-refractivity contribution in [2.75, 3.05) is 107 Å². The number of aromatic nitrogens is 1. The maximum Gasteiger partial charge on any atom is 0.152 e. The van der Waals surface area contributed by atoms with E-state index in [4.69, 9.17) is 10.7 Å². The number of likely N-dealkylation sites (tertiary alicyclic amines) is 2. The Hall–Kier alpha value is -1.61. The fraction of sp³-hybridized carbons (Fsp3) is 0.815. The molecule has 0 atom stereocenters. The smallest absolute Gasteiger partial charge is 0.152 e. The lowest BCUT2D eigenvalue weighted by atomic mass is 10.1. The van der Waals surface area contributed by atoms with Crippen LogP contribution in [0.25, 0.3) is 0 Å². The van der Waals surface area contributed by atoms with Crippen molar-refractivity contribution in [2.45, 2.75) is 51.4 Å². The molecule has 3 aliphatic heterocycles. The van der Waals surface area contributed by atoms with Crippen molar-refractivity contribution in [3.63, 3.8) is 0 Å². The van der Waals surface area contributed by atoms with Crippen LogP contribution in [0.4, 0.5) is 17.2 Å². The van der Waals surface area contributed by atoms with E-state index in [0.717, 1.165) is 63.9 Å². The van der Waals surface area contributed by atoms with E-state index < -0.39 is 0 Å². The van der Waals surface area contributed by atoms with Crippen LogP contribution in [0, 0.1) is 0 Å². The predicted octanol–water partition coefficient (Wildman–Crippen LogP) is 2.22. The van der Waals surface area contributed by atoms with Crippen LogP contribution in [-0.4, -0.2) is 106 Å². The van der Waals surface area contributed by atoms with Gasteiger partial charge in [-0.2, -0.15) is 0 Å². The number of pyridine rings is 1. The van der Waals surface area contributed by atoms with Gasteiger partial charge >= 0.3 is 0 Å². The Labute approximate surface area is 213 Å². The van der Waals surface area contributed by atoms with Crippen molar-refractivity contribution in [3.8, 4) is 0 Å². The van der Waals surface area contributed by atoms with E-state index in [1.54, 1.807) is 6.20 Å². The van der Waals surface area contributed by atoms with Crippen LogP contribution in [-0.2, 0) is 0 Å². The van der Waals surface area contributed by atoms with Crippen molar-refractivity contribution < 1.29 is 0 Å². The highest BCUT2D eigenvalue weighted by atomic mass is 15.3. The molecular weight excluding hydrogens is 436 g/mol. The molecule has 2 saturated heterocycles. The third kappa shape index (κ3) is 8.77. The van der Waals surface area contributed by atoms with E-state index in [-0.39, 0.29) is 0 Å². The van der Waals surface area contributed by atoms with Crippen LogP contribution in [0.3, 0.4) is 0 Å². The Bertz CT molecular complexity index is 717. The van der Waals surface area contributed by atoms with Crippen LogP contribution < -0.4 is 26.2 Å². The number of nitrogens with one attached hydrogen (secondary N) is 2. The molecule has 0 radical (unpaired) electrons. The molecule has 3 aliphatic rings. The third-order valence-corrected chi connectivity index (χ3v) is 7.82. The number of nitrogens with two attached hydrogens (primary N) is 1. The van der Waals surface area contributed by atoms with Crippen molar-refractivity contribution in [3.05, 3.63) is 12.3 Å². The Morgan fingerprint density at radius 1 is 0.657 bits per heavy atom. The molecule has 0 saturated carbocycles. The molecule has 4 N–H and O–H groups in total. The van der Waals surface area contributed by atoms with Gasteiger partial charge in [-0.15, -0.1) is 0 Å². The number of nitrogens with zero attached hydrogens (tertiary/aromatic N) is 5. The van der Waals surface area contributed by atoms with Crippen LogP contribution >= 0.6 is 0 Å². The number of nitrogen functional groups attached to an aromatic ring is 1. The van der Waals surface area contributed by atoms with Gasteiger partial charge < -0.3 is 36.0 Å². The highest BCUT2D eigenvalue weighted by Crippen LogP contribution is 2.32. The summed E-state index contributed by atoms with van der Waals surface area (Å²) in [6.07, 6.45) is 12.6. The van der Waals surface area contributed by atoms with Gasteiger partial charge in [0.25, 0.3) is 0 Å². The molecule has 4 heterocycles. The molecule has 0 spiro atoms. The number of rotatable bonds is 14. The summed E-state index contributed by atoms with van der Waals surface area (Å²) < 4.78 is 0. The quantitative estimate of drug-likeness (QED) is 0.346. The van der Waals surface area contributed by atoms with Gasteiger partial charge in [0.05, 0.1) is 17.6 Å². The fourth-order valence-corrected chi connectivity index (χ4v) is 5.75. The molecular formula is C27H50N8. The fourth-order valence-electron chi connectivity index (χ4n) is 5.75. The Kier molecular flexibility index (Phi) is 11.2. The molecule has 198 valence electrons. The first-order chi connectivity index (χ1) is 17.3. The number of anilines is 3. The van der Waals surface area contributed by atoms with Gasteiger partial charge in [-0.05, 0) is 96.9 Å². The molecule has 8 heteroatoms. The molecule has 4 rings (SSSR count). The lowest BCUT2D eigenvalue weighted by Crippen LogP contribution is -2.46. The first kappa shape index (κ1) is 26.5. The van der Waals surface area contributed by atoms with Crippen LogP contribution in [0.15, 0.2) is 12.3 Å². The molecule has 2 fully saturated rings. The number of piperidine rings is 2. The summed E-state index contributed by atoms with van der Waals surface area (Å²) in [5.74, 6) is 1.09. The van der Waals surface area contributed by atoms with Gasteiger partial charge in [0.2, 0.25) is 0 Å². The van der Waals surface area contributed by atoms with Crippen molar-refractivity contribution in [1.29, 1.82) is 0 Å². The molecule has 0 amide bonds. The predicted molar refractivity (Wildman–Crippen MR) is 149 cm³/mol. The summed E-state index contributed by atoms with van der Waals surface area (Å²) in [7, 11) is 0. The number of hydrogen-bond donors (Lipinski definition) is 3. The molecule has 8 nitrogen and oxygen atoms in total. The van der Waals surface area contributed by atoms with Gasteiger partial charge in [-0.1, -0.05) is 12.8 Å². The molecule has 0 bridgehead atoms. The second-order valence-corrected chi connectivity index (χ2v) is 10.6. The minimum Gasteiger partial charge on any atom is -0.397 e. The normalized spacial score (nSPS) is 19.8. The molecule has 0 unspecified atom stereocenters. The zero-order chi connectivity index (χ0) is 24.1. The zero-order valence-corrected chi connectivity index (χ0v) is 22.0. The van der Waals surface area contributed by atoms with Gasteiger partial charge in [0.15, 0.2) is 5.82 Å². The van der Waals surface area contributed by atoms with Crippen molar-refractivity contribution in [1.82, 2.24) is 25.4 Å². The van der Waals surface area contributed by atoms with Gasteiger partial charge in [0, 0.05) is 39.3 Å². The molecule has 1 aromatic rings. The van der Waals surface area contributed by atoms with Crippen LogP contribution in [0.5, 0.6) is 0 Å². The summed E-state index contributed by atoms with van der Waals surface area (Å²) in [6, 6.07) is 2.11. The Balaban J connectivity index is 1.13. The highest BCUT2D eigenvalue weighted by Gasteiger charge is 2.23. The lowest BCUT2D eigenvalue weighted by Gasteiger charge is -2.38. The zero-order valence-electron chi connectivity index (χ0n) is 22.0. The first-order valence-corrected chi connectivity index (χ1v) is 14.4. The van der Waals surface area contributed by atoms with Crippen LogP contribution in [0.1, 0.15) is 51.4 Å². The van der Waals surface area contributed by atoms with E-state index in [2.05, 4.69) is 36.3 Å². The summed E-state index contributed by atoms with van der Waals surface area (Å²) >= 11 is 0. The maximum absolute atomic E-state index is 6.13. The van der Waals surface area contributed by atoms with E-state index in [1.165, 1.54) is 96.3 Å². The van der Waals surface area contributed by atoms with Crippen LogP contribution in [0.2, 0.25) is 0 Å². The maximum atomic E-state index is 6.13. The average molecular weight is 487 g/mol. The van der Waals surface area contributed by atoms with E-state index in [0.29, 0.717) is 0 Å². The van der Waals surface area contributed by atoms with Crippen molar-refractivity contribution in [2.24, 2.45) is 0 Å². The van der Waals surface area contributed by atoms with Gasteiger partial charge in [-0.3, -0.25) is 0 Å². The Morgan fingerprint density at radius 3 is 1.80 bits per heavy atom. The topological polar surface area (TPSA) is 75.9 Å². The standard InChI is InChI=1S/C27H50N8/c28-25-23-26-27(31-24-25)35(20-12-30-10-8-18-33-15-5-2-6-16-33)22-21-34(26)19-11-29-9-7-17-32-13-3-1-4-14-32/h23-24,29-30H,1-22,28H2. The minimum absolute atomic E-state index is 0.751. The summed E-state index contributed by atoms with van der Waals surface area (Å²) in [5, 5.41) is 7.31. The minimum atomic E-state index is 0.751. The Morgan fingerprint density at radius 2 is 1.20 bits per heavy atom. The lowest BCUT2D eigenvalue weighted by molar-refractivity contribution is 0.226. The monoisotopic (exact) mass is 486 g/mol. The second-order valence-electron chi connectivity index (χ2n) is 10.6. The summed E-state index contributed by atoms with van der Waals surface area (Å²) in [5.41, 5.74) is 8.07. The van der Waals surface area contributed by atoms with Gasteiger partial charge in [0.1, 0.15) is 0 Å². The largest absolute Gasteiger partial charge is 0.397 e. The third-order valence-electron chi connectivity index (χ3n) is 7.82. The number of fused-ring (bicyclic) bond motifs is 1. The van der Waals surface area contributed by atoms with E-state index in [1.807, 2.05) is 0 Å². The molecule has 0 aromatic carbocycles. The molecule has 1 aromatic heterocycles. The first-order valence-electron chi connectivity index (χ1n) is 14.4.